The monoisotopic (exact) mass is 412 g/mol. The number of carbonyl (C=O) groups is 1. The zero-order valence-electron chi connectivity index (χ0n) is 15.6. The van der Waals surface area contributed by atoms with Crippen molar-refractivity contribution in [3.8, 4) is 17.6 Å². The summed E-state index contributed by atoms with van der Waals surface area (Å²) < 4.78 is 32.7. The minimum absolute atomic E-state index is 0.0262. The Hall–Kier alpha value is -1.73. The minimum Gasteiger partial charge on any atom is -0.480 e. The number of hydrogen-bond acceptors (Lipinski definition) is 6. The fraction of sp³-hybridized carbons (Fsp3) is 0.500. The number of hydrogen-bond donors (Lipinski definition) is 2. The standard InChI is InChI=1S/C18H24N2O5S2/c1-4-5-8-12-25-14-9-6-7-10-15(14)27(23,24)20-11-13-26-18(2,3)16(20)17(21)19-22/h6-7,9-10,16,22H,4,11-13H2,1-3H3,(H,19,21)/t16-/m0/s1. The first kappa shape index (κ1) is 21.6. The van der Waals surface area contributed by atoms with Crippen molar-refractivity contribution in [3.05, 3.63) is 24.3 Å². The summed E-state index contributed by atoms with van der Waals surface area (Å²) in [6.07, 6.45) is 0.682. The number of hydroxylamine groups is 1. The summed E-state index contributed by atoms with van der Waals surface area (Å²) in [7, 11) is -4.04. The topological polar surface area (TPSA) is 95.9 Å². The molecule has 148 valence electrons. The van der Waals surface area contributed by atoms with Crippen LogP contribution in [0.4, 0.5) is 0 Å². The number of rotatable bonds is 5. The number of ether oxygens (including phenoxy) is 1. The lowest BCUT2D eigenvalue weighted by atomic mass is 10.0. The molecule has 0 aromatic heterocycles. The van der Waals surface area contributed by atoms with E-state index in [2.05, 4.69) is 11.8 Å². The van der Waals surface area contributed by atoms with Crippen molar-refractivity contribution in [2.24, 2.45) is 0 Å². The predicted molar refractivity (Wildman–Crippen MR) is 104 cm³/mol. The Balaban J connectivity index is 2.43. The van der Waals surface area contributed by atoms with Gasteiger partial charge in [0.1, 0.15) is 23.3 Å². The third kappa shape index (κ3) is 4.76. The van der Waals surface area contributed by atoms with Crippen molar-refractivity contribution in [1.82, 2.24) is 9.79 Å². The van der Waals surface area contributed by atoms with Gasteiger partial charge in [-0.05, 0) is 26.0 Å². The number of carbonyl (C=O) groups excluding carboxylic acids is 1. The van der Waals surface area contributed by atoms with Crippen LogP contribution in [0.1, 0.15) is 27.2 Å². The predicted octanol–water partition coefficient (Wildman–Crippen LogP) is 1.87. The molecule has 2 rings (SSSR count). The van der Waals surface area contributed by atoms with Crippen LogP contribution in [0.5, 0.6) is 5.75 Å². The van der Waals surface area contributed by atoms with E-state index in [4.69, 9.17) is 9.94 Å². The van der Waals surface area contributed by atoms with Crippen molar-refractivity contribution < 1.29 is 23.2 Å². The molecule has 2 N–H and O–H groups in total. The summed E-state index contributed by atoms with van der Waals surface area (Å²) in [6.45, 7) is 5.69. The van der Waals surface area contributed by atoms with E-state index >= 15 is 0 Å². The second-order valence-electron chi connectivity index (χ2n) is 6.39. The van der Waals surface area contributed by atoms with Crippen LogP contribution in [0, 0.1) is 11.8 Å². The third-order valence-corrected chi connectivity index (χ3v) is 7.39. The zero-order valence-corrected chi connectivity index (χ0v) is 17.2. The van der Waals surface area contributed by atoms with Crippen LogP contribution in [0.15, 0.2) is 29.2 Å². The molecule has 1 amide bonds. The van der Waals surface area contributed by atoms with Crippen molar-refractivity contribution in [1.29, 1.82) is 0 Å². The van der Waals surface area contributed by atoms with E-state index in [-0.39, 0.29) is 23.8 Å². The van der Waals surface area contributed by atoms with Crippen molar-refractivity contribution in [3.63, 3.8) is 0 Å². The Bertz CT molecular complexity index is 843. The van der Waals surface area contributed by atoms with Gasteiger partial charge in [-0.2, -0.15) is 16.1 Å². The number of amides is 1. The van der Waals surface area contributed by atoms with E-state index in [1.807, 2.05) is 6.92 Å². The van der Waals surface area contributed by atoms with Crippen molar-refractivity contribution >= 4 is 27.7 Å². The van der Waals surface area contributed by atoms with Gasteiger partial charge in [0.2, 0.25) is 10.0 Å². The van der Waals surface area contributed by atoms with Crippen LogP contribution >= 0.6 is 11.8 Å². The van der Waals surface area contributed by atoms with Crippen molar-refractivity contribution in [2.45, 2.75) is 42.9 Å². The van der Waals surface area contributed by atoms with E-state index in [0.29, 0.717) is 12.2 Å². The van der Waals surface area contributed by atoms with Crippen LogP contribution in [0.2, 0.25) is 0 Å². The lowest BCUT2D eigenvalue weighted by Gasteiger charge is -2.43. The molecule has 1 aromatic carbocycles. The van der Waals surface area contributed by atoms with Crippen LogP contribution in [0.25, 0.3) is 0 Å². The van der Waals surface area contributed by atoms with Gasteiger partial charge in [-0.15, -0.1) is 5.92 Å². The molecule has 7 nitrogen and oxygen atoms in total. The Morgan fingerprint density at radius 2 is 2.11 bits per heavy atom. The number of thioether (sulfide) groups is 1. The van der Waals surface area contributed by atoms with Crippen LogP contribution in [0.3, 0.4) is 0 Å². The molecule has 0 radical (unpaired) electrons. The van der Waals surface area contributed by atoms with Gasteiger partial charge in [-0.3, -0.25) is 10.0 Å². The van der Waals surface area contributed by atoms with Crippen LogP contribution in [-0.4, -0.2) is 53.5 Å². The number of para-hydroxylation sites is 1. The Kier molecular flexibility index (Phi) is 7.17. The fourth-order valence-electron chi connectivity index (χ4n) is 2.92. The smallest absolute Gasteiger partial charge is 0.263 e. The lowest BCUT2D eigenvalue weighted by molar-refractivity contribution is -0.134. The average Bonchev–Trinajstić information content (AvgIpc) is 2.64. The molecule has 1 fully saturated rings. The summed E-state index contributed by atoms with van der Waals surface area (Å²) in [5.74, 6) is 5.63. The van der Waals surface area contributed by atoms with Gasteiger partial charge in [0.15, 0.2) is 0 Å². The number of benzene rings is 1. The van der Waals surface area contributed by atoms with E-state index in [1.54, 1.807) is 37.5 Å². The van der Waals surface area contributed by atoms with E-state index in [0.717, 1.165) is 4.31 Å². The molecule has 0 saturated carbocycles. The highest BCUT2D eigenvalue weighted by Crippen LogP contribution is 2.39. The fourth-order valence-corrected chi connectivity index (χ4v) is 6.16. The number of nitrogens with zero attached hydrogens (tertiary/aromatic N) is 1. The number of sulfonamides is 1. The molecule has 1 aliphatic rings. The molecule has 1 saturated heterocycles. The Morgan fingerprint density at radius 1 is 1.41 bits per heavy atom. The first-order valence-electron chi connectivity index (χ1n) is 8.53. The van der Waals surface area contributed by atoms with E-state index < -0.39 is 26.7 Å². The number of nitrogens with one attached hydrogen (secondary N) is 1. The first-order chi connectivity index (χ1) is 12.8. The maximum atomic E-state index is 13.4. The zero-order chi connectivity index (χ0) is 20.1. The molecule has 27 heavy (non-hydrogen) atoms. The minimum atomic E-state index is -4.04. The summed E-state index contributed by atoms with van der Waals surface area (Å²) in [5, 5.41) is 9.12. The average molecular weight is 413 g/mol. The van der Waals surface area contributed by atoms with Gasteiger partial charge < -0.3 is 4.74 Å². The summed E-state index contributed by atoms with van der Waals surface area (Å²) in [4.78, 5) is 12.2. The normalized spacial score (nSPS) is 19.6. The Labute approximate surface area is 164 Å². The highest BCUT2D eigenvalue weighted by atomic mass is 32.2. The molecule has 0 unspecified atom stereocenters. The molecule has 1 aromatic rings. The molecule has 1 heterocycles. The van der Waals surface area contributed by atoms with Crippen molar-refractivity contribution in [2.75, 3.05) is 18.9 Å². The van der Waals surface area contributed by atoms with Gasteiger partial charge in [0.25, 0.3) is 5.91 Å². The highest BCUT2D eigenvalue weighted by Gasteiger charge is 2.48. The molecule has 0 bridgehead atoms. The van der Waals surface area contributed by atoms with Gasteiger partial charge in [0.05, 0.1) is 0 Å². The third-order valence-electron chi connectivity index (χ3n) is 4.13. The van der Waals surface area contributed by atoms with Crippen LogP contribution < -0.4 is 10.2 Å². The molecular formula is C18H24N2O5S2. The van der Waals surface area contributed by atoms with Crippen LogP contribution in [-0.2, 0) is 14.8 Å². The van der Waals surface area contributed by atoms with E-state index in [9.17, 15) is 13.2 Å². The molecule has 1 atom stereocenters. The molecular weight excluding hydrogens is 388 g/mol. The quantitative estimate of drug-likeness (QED) is 0.435. The summed E-state index contributed by atoms with van der Waals surface area (Å²) in [6, 6.07) is 5.23. The molecule has 0 aliphatic carbocycles. The molecule has 1 aliphatic heterocycles. The van der Waals surface area contributed by atoms with Gasteiger partial charge in [-0.25, -0.2) is 13.9 Å². The molecule has 9 heteroatoms. The van der Waals surface area contributed by atoms with Gasteiger partial charge in [0, 0.05) is 23.5 Å². The van der Waals surface area contributed by atoms with Gasteiger partial charge >= 0.3 is 0 Å². The summed E-state index contributed by atoms with van der Waals surface area (Å²) in [5.41, 5.74) is 1.60. The first-order valence-corrected chi connectivity index (χ1v) is 11.0. The maximum absolute atomic E-state index is 13.4. The summed E-state index contributed by atoms with van der Waals surface area (Å²) >= 11 is 1.48. The maximum Gasteiger partial charge on any atom is 0.263 e. The molecule has 0 spiro atoms. The Morgan fingerprint density at radius 3 is 2.78 bits per heavy atom. The largest absolute Gasteiger partial charge is 0.480 e. The second kappa shape index (κ2) is 8.97. The SMILES string of the molecule is CCC#CCOc1ccccc1S(=O)(=O)N1CCSC(C)(C)[C@@H]1C(=O)NO. The highest BCUT2D eigenvalue weighted by molar-refractivity contribution is 8.01. The second-order valence-corrected chi connectivity index (χ2v) is 10.00. The van der Waals surface area contributed by atoms with E-state index in [1.165, 1.54) is 17.8 Å². The van der Waals surface area contributed by atoms with Gasteiger partial charge in [-0.1, -0.05) is 25.0 Å². The lowest BCUT2D eigenvalue weighted by Crippen LogP contribution is -2.61.